The SMILES string of the molecule is Nc1c(Cl)cc(Cl)cc1C(O)C(O)CCBr. The van der Waals surface area contributed by atoms with Gasteiger partial charge in [0.05, 0.1) is 16.8 Å². The zero-order chi connectivity index (χ0) is 12.3. The predicted octanol–water partition coefficient (Wildman–Crippen LogP) is 2.75. The van der Waals surface area contributed by atoms with Crippen molar-refractivity contribution < 1.29 is 10.2 Å². The van der Waals surface area contributed by atoms with Crippen LogP contribution in [0.5, 0.6) is 0 Å². The van der Waals surface area contributed by atoms with Gasteiger partial charge >= 0.3 is 0 Å². The van der Waals surface area contributed by atoms with Gasteiger partial charge in [-0.05, 0) is 18.6 Å². The molecule has 0 aromatic heterocycles. The quantitative estimate of drug-likeness (QED) is 0.588. The van der Waals surface area contributed by atoms with E-state index in [0.29, 0.717) is 22.3 Å². The molecule has 16 heavy (non-hydrogen) atoms. The molecule has 2 unspecified atom stereocenters. The normalized spacial score (nSPS) is 14.8. The highest BCUT2D eigenvalue weighted by molar-refractivity contribution is 9.09. The van der Waals surface area contributed by atoms with Crippen molar-refractivity contribution in [3.63, 3.8) is 0 Å². The van der Waals surface area contributed by atoms with Crippen molar-refractivity contribution in [2.24, 2.45) is 0 Å². The van der Waals surface area contributed by atoms with Crippen LogP contribution in [0.4, 0.5) is 5.69 Å². The van der Waals surface area contributed by atoms with Crippen LogP contribution in [0.2, 0.25) is 10.0 Å². The predicted molar refractivity (Wildman–Crippen MR) is 70.3 cm³/mol. The molecular formula is C10H12BrCl2NO2. The highest BCUT2D eigenvalue weighted by atomic mass is 79.9. The van der Waals surface area contributed by atoms with Gasteiger partial charge in [0.25, 0.3) is 0 Å². The molecule has 0 amide bonds. The van der Waals surface area contributed by atoms with Crippen molar-refractivity contribution in [3.8, 4) is 0 Å². The fraction of sp³-hybridized carbons (Fsp3) is 0.400. The van der Waals surface area contributed by atoms with E-state index in [1.54, 1.807) is 0 Å². The van der Waals surface area contributed by atoms with Crippen LogP contribution >= 0.6 is 39.1 Å². The van der Waals surface area contributed by atoms with Crippen LogP contribution in [-0.4, -0.2) is 21.6 Å². The van der Waals surface area contributed by atoms with E-state index in [1.165, 1.54) is 12.1 Å². The molecule has 6 heteroatoms. The first kappa shape index (κ1) is 14.1. The highest BCUT2D eigenvalue weighted by Crippen LogP contribution is 2.33. The van der Waals surface area contributed by atoms with E-state index in [9.17, 15) is 10.2 Å². The van der Waals surface area contributed by atoms with E-state index in [2.05, 4.69) is 15.9 Å². The molecule has 0 bridgehead atoms. The lowest BCUT2D eigenvalue weighted by molar-refractivity contribution is 0.0178. The van der Waals surface area contributed by atoms with E-state index in [4.69, 9.17) is 28.9 Å². The van der Waals surface area contributed by atoms with Gasteiger partial charge in [-0.15, -0.1) is 0 Å². The van der Waals surface area contributed by atoms with Gasteiger partial charge in [0, 0.05) is 15.9 Å². The molecule has 0 aliphatic carbocycles. The smallest absolute Gasteiger partial charge is 0.107 e. The summed E-state index contributed by atoms with van der Waals surface area (Å²) < 4.78 is 0. The third-order valence-corrected chi connectivity index (χ3v) is 3.20. The average Bonchev–Trinajstić information content (AvgIpc) is 2.22. The summed E-state index contributed by atoms with van der Waals surface area (Å²) in [5, 5.41) is 20.8. The molecule has 1 aromatic carbocycles. The van der Waals surface area contributed by atoms with Gasteiger partial charge in [0.15, 0.2) is 0 Å². The van der Waals surface area contributed by atoms with Gasteiger partial charge in [-0.1, -0.05) is 39.1 Å². The monoisotopic (exact) mass is 327 g/mol. The minimum absolute atomic E-state index is 0.243. The number of halogens is 3. The number of aliphatic hydroxyl groups is 2. The van der Waals surface area contributed by atoms with Crippen LogP contribution in [0.25, 0.3) is 0 Å². The number of benzene rings is 1. The summed E-state index contributed by atoms with van der Waals surface area (Å²) in [6.07, 6.45) is -1.59. The number of rotatable bonds is 4. The maximum absolute atomic E-state index is 9.88. The van der Waals surface area contributed by atoms with Gasteiger partial charge < -0.3 is 15.9 Å². The van der Waals surface area contributed by atoms with E-state index in [0.717, 1.165) is 0 Å². The Kier molecular flexibility index (Phi) is 5.34. The molecule has 0 spiro atoms. The zero-order valence-corrected chi connectivity index (χ0v) is 11.4. The number of anilines is 1. The first-order valence-electron chi connectivity index (χ1n) is 4.64. The van der Waals surface area contributed by atoms with Gasteiger partial charge in [0.2, 0.25) is 0 Å². The number of hydrogen-bond acceptors (Lipinski definition) is 3. The van der Waals surface area contributed by atoms with E-state index in [1.807, 2.05) is 0 Å². The molecule has 2 atom stereocenters. The van der Waals surface area contributed by atoms with Gasteiger partial charge in [0.1, 0.15) is 6.10 Å². The third kappa shape index (κ3) is 3.25. The van der Waals surface area contributed by atoms with E-state index < -0.39 is 12.2 Å². The summed E-state index contributed by atoms with van der Waals surface area (Å²) in [7, 11) is 0. The lowest BCUT2D eigenvalue weighted by Crippen LogP contribution is -2.19. The number of nitrogen functional groups attached to an aromatic ring is 1. The molecule has 0 aliphatic heterocycles. The molecule has 0 radical (unpaired) electrons. The Labute approximate surface area is 112 Å². The summed E-state index contributed by atoms with van der Waals surface area (Å²) in [5.74, 6) is 0. The first-order valence-corrected chi connectivity index (χ1v) is 6.51. The maximum Gasteiger partial charge on any atom is 0.107 e. The Bertz CT molecular complexity index is 376. The second-order valence-electron chi connectivity index (χ2n) is 3.38. The Morgan fingerprint density at radius 1 is 1.31 bits per heavy atom. The van der Waals surface area contributed by atoms with Crippen LogP contribution in [-0.2, 0) is 0 Å². The number of alkyl halides is 1. The molecule has 0 fully saturated rings. The molecule has 0 saturated carbocycles. The average molecular weight is 329 g/mol. The summed E-state index contributed by atoms with van der Waals surface area (Å²) >= 11 is 14.8. The van der Waals surface area contributed by atoms with Crippen LogP contribution < -0.4 is 5.73 Å². The Hall–Kier alpha value is -0.0000000000000000555. The Morgan fingerprint density at radius 3 is 2.50 bits per heavy atom. The van der Waals surface area contributed by atoms with Gasteiger partial charge in [-0.2, -0.15) is 0 Å². The summed E-state index contributed by atoms with van der Waals surface area (Å²) in [4.78, 5) is 0. The Morgan fingerprint density at radius 2 is 1.94 bits per heavy atom. The fourth-order valence-electron chi connectivity index (χ4n) is 1.33. The molecule has 1 rings (SSSR count). The second kappa shape index (κ2) is 6.07. The topological polar surface area (TPSA) is 66.5 Å². The molecule has 0 heterocycles. The minimum Gasteiger partial charge on any atom is -0.397 e. The summed E-state index contributed by atoms with van der Waals surface area (Å²) in [6, 6.07) is 3.00. The van der Waals surface area contributed by atoms with Gasteiger partial charge in [-0.25, -0.2) is 0 Å². The molecule has 90 valence electrons. The summed E-state index contributed by atoms with van der Waals surface area (Å²) in [5.41, 5.74) is 6.31. The number of nitrogens with two attached hydrogens (primary N) is 1. The van der Waals surface area contributed by atoms with Crippen molar-refractivity contribution in [1.29, 1.82) is 0 Å². The molecule has 3 nitrogen and oxygen atoms in total. The van der Waals surface area contributed by atoms with E-state index >= 15 is 0 Å². The molecule has 0 aliphatic rings. The molecule has 4 N–H and O–H groups in total. The first-order chi connectivity index (χ1) is 7.47. The Balaban J connectivity index is 3.03. The second-order valence-corrected chi connectivity index (χ2v) is 5.02. The van der Waals surface area contributed by atoms with Crippen LogP contribution in [0.3, 0.4) is 0 Å². The van der Waals surface area contributed by atoms with Gasteiger partial charge in [-0.3, -0.25) is 0 Å². The van der Waals surface area contributed by atoms with Crippen molar-refractivity contribution in [2.75, 3.05) is 11.1 Å². The summed E-state index contributed by atoms with van der Waals surface area (Å²) in [6.45, 7) is 0. The van der Waals surface area contributed by atoms with Crippen LogP contribution in [0.1, 0.15) is 18.1 Å². The fourth-order valence-corrected chi connectivity index (χ4v) is 2.30. The lowest BCUT2D eigenvalue weighted by Gasteiger charge is -2.19. The third-order valence-electron chi connectivity index (χ3n) is 2.21. The molecule has 0 saturated heterocycles. The van der Waals surface area contributed by atoms with Crippen molar-refractivity contribution in [1.82, 2.24) is 0 Å². The van der Waals surface area contributed by atoms with Crippen LogP contribution in [0, 0.1) is 0 Å². The van der Waals surface area contributed by atoms with Crippen molar-refractivity contribution >= 4 is 44.8 Å². The maximum atomic E-state index is 9.88. The number of hydrogen-bond donors (Lipinski definition) is 3. The zero-order valence-electron chi connectivity index (χ0n) is 8.33. The van der Waals surface area contributed by atoms with E-state index in [-0.39, 0.29) is 10.7 Å². The highest BCUT2D eigenvalue weighted by Gasteiger charge is 2.21. The molecule has 1 aromatic rings. The van der Waals surface area contributed by atoms with Crippen LogP contribution in [0.15, 0.2) is 12.1 Å². The number of aliphatic hydroxyl groups excluding tert-OH is 2. The van der Waals surface area contributed by atoms with Crippen molar-refractivity contribution in [3.05, 3.63) is 27.7 Å². The largest absolute Gasteiger partial charge is 0.397 e. The standard InChI is InChI=1S/C10H12BrCl2NO2/c11-2-1-8(15)10(16)6-3-5(12)4-7(13)9(6)14/h3-4,8,10,15-16H,1-2,14H2. The lowest BCUT2D eigenvalue weighted by atomic mass is 10.0. The molecular weight excluding hydrogens is 317 g/mol. The van der Waals surface area contributed by atoms with Crippen molar-refractivity contribution in [2.45, 2.75) is 18.6 Å². The minimum atomic E-state index is -1.09.